The van der Waals surface area contributed by atoms with E-state index in [4.69, 9.17) is 16.3 Å². The third kappa shape index (κ3) is 4.13. The first-order valence-corrected chi connectivity index (χ1v) is 7.37. The van der Waals surface area contributed by atoms with Crippen molar-refractivity contribution < 1.29 is 9.84 Å². The van der Waals surface area contributed by atoms with Gasteiger partial charge in [-0.15, -0.1) is 0 Å². The van der Waals surface area contributed by atoms with Crippen molar-refractivity contribution in [2.75, 3.05) is 11.9 Å². The molecule has 0 saturated heterocycles. The Morgan fingerprint density at radius 2 is 2.00 bits per heavy atom. The minimum Gasteiger partial charge on any atom is -0.494 e. The molecule has 0 aromatic heterocycles. The lowest BCUT2D eigenvalue weighted by Gasteiger charge is -2.12. The zero-order chi connectivity index (χ0) is 15.2. The average molecular weight is 306 g/mol. The summed E-state index contributed by atoms with van der Waals surface area (Å²) < 4.78 is 5.47. The lowest BCUT2D eigenvalue weighted by atomic mass is 10.1. The lowest BCUT2D eigenvalue weighted by molar-refractivity contribution is 0.267. The summed E-state index contributed by atoms with van der Waals surface area (Å²) in [5, 5.41) is 13.5. The Morgan fingerprint density at radius 3 is 2.67 bits per heavy atom. The standard InChI is InChI=1S/C17H20ClNO2/c1-3-21-17-7-6-15(9-14(17)11-20)19-10-13-5-4-12(2)16(18)8-13/h4-9,19-20H,3,10-11H2,1-2H3. The van der Waals surface area contributed by atoms with Gasteiger partial charge in [0, 0.05) is 22.8 Å². The van der Waals surface area contributed by atoms with Crippen LogP contribution in [0.2, 0.25) is 5.02 Å². The Hall–Kier alpha value is -1.71. The molecule has 0 saturated carbocycles. The Bertz CT molecular complexity index is 614. The third-order valence-electron chi connectivity index (χ3n) is 3.26. The van der Waals surface area contributed by atoms with Crippen LogP contribution in [0.3, 0.4) is 0 Å². The molecule has 2 rings (SSSR count). The van der Waals surface area contributed by atoms with E-state index in [1.807, 2.05) is 44.2 Å². The second-order valence-electron chi connectivity index (χ2n) is 4.85. The van der Waals surface area contributed by atoms with E-state index < -0.39 is 0 Å². The van der Waals surface area contributed by atoms with Gasteiger partial charge >= 0.3 is 0 Å². The van der Waals surface area contributed by atoms with Crippen LogP contribution in [0.25, 0.3) is 0 Å². The first-order valence-electron chi connectivity index (χ1n) is 6.99. The van der Waals surface area contributed by atoms with E-state index in [0.29, 0.717) is 13.2 Å². The molecular formula is C17H20ClNO2. The van der Waals surface area contributed by atoms with Crippen LogP contribution in [-0.2, 0) is 13.2 Å². The van der Waals surface area contributed by atoms with Gasteiger partial charge in [-0.05, 0) is 49.2 Å². The summed E-state index contributed by atoms with van der Waals surface area (Å²) in [4.78, 5) is 0. The van der Waals surface area contributed by atoms with Crippen molar-refractivity contribution in [3.8, 4) is 5.75 Å². The van der Waals surface area contributed by atoms with E-state index >= 15 is 0 Å². The van der Waals surface area contributed by atoms with Gasteiger partial charge in [0.15, 0.2) is 0 Å². The van der Waals surface area contributed by atoms with Gasteiger partial charge in [0.25, 0.3) is 0 Å². The largest absolute Gasteiger partial charge is 0.494 e. The quantitative estimate of drug-likeness (QED) is 0.842. The van der Waals surface area contributed by atoms with Crippen LogP contribution in [0.5, 0.6) is 5.75 Å². The van der Waals surface area contributed by atoms with Crippen molar-refractivity contribution in [1.29, 1.82) is 0 Å². The number of hydrogen-bond acceptors (Lipinski definition) is 3. The highest BCUT2D eigenvalue weighted by molar-refractivity contribution is 6.31. The Morgan fingerprint density at radius 1 is 1.19 bits per heavy atom. The summed E-state index contributed by atoms with van der Waals surface area (Å²) in [7, 11) is 0. The molecule has 0 aliphatic heterocycles. The molecule has 0 fully saturated rings. The molecule has 2 aromatic carbocycles. The molecule has 0 amide bonds. The molecule has 0 aliphatic rings. The predicted octanol–water partition coefficient (Wildman–Crippen LogP) is 4.15. The highest BCUT2D eigenvalue weighted by Crippen LogP contribution is 2.24. The molecule has 3 nitrogen and oxygen atoms in total. The SMILES string of the molecule is CCOc1ccc(NCc2ccc(C)c(Cl)c2)cc1CO. The van der Waals surface area contributed by atoms with Crippen molar-refractivity contribution in [1.82, 2.24) is 0 Å². The van der Waals surface area contributed by atoms with E-state index in [1.165, 1.54) is 0 Å². The number of aryl methyl sites for hydroxylation is 1. The molecular weight excluding hydrogens is 286 g/mol. The number of aliphatic hydroxyl groups is 1. The smallest absolute Gasteiger partial charge is 0.124 e. The van der Waals surface area contributed by atoms with Crippen molar-refractivity contribution >= 4 is 17.3 Å². The van der Waals surface area contributed by atoms with Crippen molar-refractivity contribution in [2.45, 2.75) is 27.0 Å². The number of nitrogens with one attached hydrogen (secondary N) is 1. The van der Waals surface area contributed by atoms with Crippen LogP contribution in [0.4, 0.5) is 5.69 Å². The number of ether oxygens (including phenoxy) is 1. The van der Waals surface area contributed by atoms with Crippen LogP contribution < -0.4 is 10.1 Å². The van der Waals surface area contributed by atoms with Gasteiger partial charge in [0.05, 0.1) is 13.2 Å². The zero-order valence-corrected chi connectivity index (χ0v) is 13.1. The van der Waals surface area contributed by atoms with Gasteiger partial charge in [-0.2, -0.15) is 0 Å². The summed E-state index contributed by atoms with van der Waals surface area (Å²) in [5.41, 5.74) is 3.91. The monoisotopic (exact) mass is 305 g/mol. The fourth-order valence-corrected chi connectivity index (χ4v) is 2.26. The number of benzene rings is 2. The molecule has 0 bridgehead atoms. The van der Waals surface area contributed by atoms with Crippen LogP contribution in [0.15, 0.2) is 36.4 Å². The summed E-state index contributed by atoms with van der Waals surface area (Å²) >= 11 is 6.12. The maximum atomic E-state index is 9.40. The molecule has 0 radical (unpaired) electrons. The fraction of sp³-hybridized carbons (Fsp3) is 0.294. The molecule has 4 heteroatoms. The third-order valence-corrected chi connectivity index (χ3v) is 3.67. The first kappa shape index (κ1) is 15.7. The zero-order valence-electron chi connectivity index (χ0n) is 12.3. The summed E-state index contributed by atoms with van der Waals surface area (Å²) in [5.74, 6) is 0.726. The fourth-order valence-electron chi connectivity index (χ4n) is 2.06. The Kier molecular flexibility index (Phi) is 5.48. The highest BCUT2D eigenvalue weighted by atomic mass is 35.5. The maximum Gasteiger partial charge on any atom is 0.124 e. The number of aliphatic hydroxyl groups excluding tert-OH is 1. The van der Waals surface area contributed by atoms with E-state index in [2.05, 4.69) is 11.4 Å². The maximum absolute atomic E-state index is 9.40. The van der Waals surface area contributed by atoms with E-state index in [1.54, 1.807) is 0 Å². The first-order chi connectivity index (χ1) is 10.1. The molecule has 2 aromatic rings. The van der Waals surface area contributed by atoms with Crippen molar-refractivity contribution in [3.05, 3.63) is 58.1 Å². The molecule has 21 heavy (non-hydrogen) atoms. The number of halogens is 1. The number of anilines is 1. The topological polar surface area (TPSA) is 41.5 Å². The Labute approximate surface area is 130 Å². The Balaban J connectivity index is 2.07. The second kappa shape index (κ2) is 7.34. The summed E-state index contributed by atoms with van der Waals surface area (Å²) in [6, 6.07) is 11.7. The molecule has 0 atom stereocenters. The van der Waals surface area contributed by atoms with Crippen molar-refractivity contribution in [3.63, 3.8) is 0 Å². The molecule has 0 unspecified atom stereocenters. The lowest BCUT2D eigenvalue weighted by Crippen LogP contribution is -2.02. The van der Waals surface area contributed by atoms with Gasteiger partial charge in [0.1, 0.15) is 5.75 Å². The number of hydrogen-bond donors (Lipinski definition) is 2. The van der Waals surface area contributed by atoms with Gasteiger partial charge in [0.2, 0.25) is 0 Å². The summed E-state index contributed by atoms with van der Waals surface area (Å²) in [6.07, 6.45) is 0. The van der Waals surface area contributed by atoms with E-state index in [0.717, 1.165) is 33.1 Å². The van der Waals surface area contributed by atoms with Gasteiger partial charge < -0.3 is 15.2 Å². The molecule has 0 heterocycles. The summed E-state index contributed by atoms with van der Waals surface area (Å²) in [6.45, 7) is 5.13. The van der Waals surface area contributed by atoms with Crippen LogP contribution >= 0.6 is 11.6 Å². The van der Waals surface area contributed by atoms with Crippen LogP contribution in [-0.4, -0.2) is 11.7 Å². The van der Waals surface area contributed by atoms with E-state index in [9.17, 15) is 5.11 Å². The minimum absolute atomic E-state index is 0.0405. The van der Waals surface area contributed by atoms with Crippen LogP contribution in [0.1, 0.15) is 23.6 Å². The molecule has 112 valence electrons. The second-order valence-corrected chi connectivity index (χ2v) is 5.26. The van der Waals surface area contributed by atoms with Gasteiger partial charge in [-0.1, -0.05) is 23.7 Å². The molecule has 0 spiro atoms. The predicted molar refractivity (Wildman–Crippen MR) is 87.0 cm³/mol. The highest BCUT2D eigenvalue weighted by Gasteiger charge is 2.04. The normalized spacial score (nSPS) is 10.5. The minimum atomic E-state index is -0.0405. The molecule has 2 N–H and O–H groups in total. The van der Waals surface area contributed by atoms with Crippen molar-refractivity contribution in [2.24, 2.45) is 0 Å². The van der Waals surface area contributed by atoms with Crippen LogP contribution in [0, 0.1) is 6.92 Å². The number of rotatable bonds is 6. The average Bonchev–Trinajstić information content (AvgIpc) is 2.49. The molecule has 0 aliphatic carbocycles. The van der Waals surface area contributed by atoms with Gasteiger partial charge in [-0.25, -0.2) is 0 Å². The van der Waals surface area contributed by atoms with Gasteiger partial charge in [-0.3, -0.25) is 0 Å². The van der Waals surface area contributed by atoms with E-state index in [-0.39, 0.29) is 6.61 Å².